The zero-order valence-electron chi connectivity index (χ0n) is 10.5. The summed E-state index contributed by atoms with van der Waals surface area (Å²) in [7, 11) is 0. The van der Waals surface area contributed by atoms with E-state index in [2.05, 4.69) is 15.3 Å². The van der Waals surface area contributed by atoms with Gasteiger partial charge in [-0.25, -0.2) is 4.98 Å². The molecule has 0 spiro atoms. The van der Waals surface area contributed by atoms with Crippen molar-refractivity contribution in [2.45, 2.75) is 27.3 Å². The first-order valence-electron chi connectivity index (χ1n) is 5.62. The van der Waals surface area contributed by atoms with Crippen LogP contribution in [0.5, 0.6) is 0 Å². The van der Waals surface area contributed by atoms with Crippen molar-refractivity contribution in [2.24, 2.45) is 5.41 Å². The molecular formula is C12H15N3O2S. The van der Waals surface area contributed by atoms with E-state index in [1.54, 1.807) is 6.07 Å². The molecule has 0 fully saturated rings. The Labute approximate surface area is 108 Å². The van der Waals surface area contributed by atoms with Crippen LogP contribution in [0.15, 0.2) is 17.2 Å². The fourth-order valence-corrected chi connectivity index (χ4v) is 2.37. The predicted molar refractivity (Wildman–Crippen MR) is 71.5 cm³/mol. The van der Waals surface area contributed by atoms with Gasteiger partial charge in [-0.05, 0) is 6.07 Å². The Bertz CT molecular complexity index is 637. The number of nitrogens with one attached hydrogen (secondary N) is 2. The van der Waals surface area contributed by atoms with Crippen LogP contribution in [0.3, 0.4) is 0 Å². The summed E-state index contributed by atoms with van der Waals surface area (Å²) < 4.78 is 0. The van der Waals surface area contributed by atoms with Gasteiger partial charge in [0.2, 0.25) is 5.91 Å². The molecule has 1 amide bonds. The highest BCUT2D eigenvalue weighted by Gasteiger charge is 2.20. The van der Waals surface area contributed by atoms with Crippen LogP contribution in [0.25, 0.3) is 10.2 Å². The summed E-state index contributed by atoms with van der Waals surface area (Å²) in [4.78, 5) is 31.5. The van der Waals surface area contributed by atoms with Crippen molar-refractivity contribution < 1.29 is 4.79 Å². The van der Waals surface area contributed by atoms with Crippen LogP contribution in [-0.4, -0.2) is 15.9 Å². The molecule has 2 aromatic heterocycles. The molecule has 0 unspecified atom stereocenters. The zero-order chi connectivity index (χ0) is 13.3. The minimum atomic E-state index is -0.410. The van der Waals surface area contributed by atoms with E-state index in [0.29, 0.717) is 16.8 Å². The van der Waals surface area contributed by atoms with Gasteiger partial charge in [0.05, 0.1) is 18.3 Å². The lowest BCUT2D eigenvalue weighted by atomic mass is 9.96. The molecule has 5 nitrogen and oxygen atoms in total. The van der Waals surface area contributed by atoms with E-state index >= 15 is 0 Å². The molecular weight excluding hydrogens is 250 g/mol. The average molecular weight is 265 g/mol. The van der Waals surface area contributed by atoms with Crippen molar-refractivity contribution in [2.75, 3.05) is 0 Å². The van der Waals surface area contributed by atoms with E-state index in [-0.39, 0.29) is 11.5 Å². The minimum absolute atomic E-state index is 0.0122. The molecule has 18 heavy (non-hydrogen) atoms. The highest BCUT2D eigenvalue weighted by atomic mass is 32.1. The number of rotatable bonds is 2. The normalized spacial score (nSPS) is 11.7. The number of fused-ring (bicyclic) bond motifs is 1. The van der Waals surface area contributed by atoms with Gasteiger partial charge in [-0.1, -0.05) is 20.8 Å². The van der Waals surface area contributed by atoms with E-state index in [4.69, 9.17) is 0 Å². The topological polar surface area (TPSA) is 74.8 Å². The highest BCUT2D eigenvalue weighted by molar-refractivity contribution is 7.18. The number of H-pyrrole nitrogens is 1. The third kappa shape index (κ3) is 2.59. The van der Waals surface area contributed by atoms with Crippen LogP contribution >= 0.6 is 11.3 Å². The first-order chi connectivity index (χ1) is 8.38. The Morgan fingerprint density at radius 2 is 2.22 bits per heavy atom. The zero-order valence-corrected chi connectivity index (χ0v) is 11.4. The van der Waals surface area contributed by atoms with Crippen molar-refractivity contribution in [3.63, 3.8) is 0 Å². The third-order valence-electron chi connectivity index (χ3n) is 2.49. The standard InChI is InChI=1S/C12H15N3O2S/c1-12(2,3)11(17)13-5-7-4-8-9(16)14-6-15-10(8)18-7/h4,6H,5H2,1-3H3,(H,13,17)(H,14,15,16). The van der Waals surface area contributed by atoms with Gasteiger partial charge in [0, 0.05) is 10.3 Å². The van der Waals surface area contributed by atoms with Crippen molar-refractivity contribution in [1.82, 2.24) is 15.3 Å². The highest BCUT2D eigenvalue weighted by Crippen LogP contribution is 2.21. The second-order valence-electron chi connectivity index (χ2n) is 5.10. The number of carbonyl (C=O) groups is 1. The molecule has 2 heterocycles. The summed E-state index contributed by atoms with van der Waals surface area (Å²) in [5, 5.41) is 3.42. The van der Waals surface area contributed by atoms with Crippen molar-refractivity contribution in [3.8, 4) is 0 Å². The Hall–Kier alpha value is -1.69. The Balaban J connectivity index is 2.16. The molecule has 96 valence electrons. The number of thiophene rings is 1. The largest absolute Gasteiger partial charge is 0.351 e. The molecule has 6 heteroatoms. The molecule has 2 aromatic rings. The molecule has 0 radical (unpaired) electrons. The van der Waals surface area contributed by atoms with Crippen molar-refractivity contribution >= 4 is 27.5 Å². The molecule has 0 bridgehead atoms. The van der Waals surface area contributed by atoms with Crippen LogP contribution in [0.2, 0.25) is 0 Å². The van der Waals surface area contributed by atoms with Gasteiger partial charge in [0.1, 0.15) is 4.83 Å². The lowest BCUT2D eigenvalue weighted by Crippen LogP contribution is -2.34. The van der Waals surface area contributed by atoms with Gasteiger partial charge in [-0.3, -0.25) is 9.59 Å². The molecule has 0 atom stereocenters. The van der Waals surface area contributed by atoms with Crippen LogP contribution in [0.4, 0.5) is 0 Å². The van der Waals surface area contributed by atoms with Gasteiger partial charge >= 0.3 is 0 Å². The first kappa shape index (κ1) is 12.8. The molecule has 0 aliphatic rings. The number of hydrogen-bond acceptors (Lipinski definition) is 4. The quantitative estimate of drug-likeness (QED) is 0.867. The summed E-state index contributed by atoms with van der Waals surface area (Å²) in [6.07, 6.45) is 1.39. The SMILES string of the molecule is CC(C)(C)C(=O)NCc1cc2c(=O)[nH]cnc2s1. The fourth-order valence-electron chi connectivity index (χ4n) is 1.44. The number of amides is 1. The lowest BCUT2D eigenvalue weighted by molar-refractivity contribution is -0.128. The molecule has 0 aromatic carbocycles. The monoisotopic (exact) mass is 265 g/mol. The molecule has 0 saturated heterocycles. The number of aromatic nitrogens is 2. The van der Waals surface area contributed by atoms with Crippen molar-refractivity contribution in [1.29, 1.82) is 0 Å². The number of nitrogens with zero attached hydrogens (tertiary/aromatic N) is 1. The van der Waals surface area contributed by atoms with Crippen LogP contribution in [-0.2, 0) is 11.3 Å². The van der Waals surface area contributed by atoms with Gasteiger partial charge in [0.25, 0.3) is 5.56 Å². The number of hydrogen-bond donors (Lipinski definition) is 2. The number of aromatic amines is 1. The van der Waals surface area contributed by atoms with E-state index in [1.165, 1.54) is 17.7 Å². The Morgan fingerprint density at radius 1 is 1.50 bits per heavy atom. The Kier molecular flexibility index (Phi) is 3.21. The summed E-state index contributed by atoms with van der Waals surface area (Å²) >= 11 is 1.42. The smallest absolute Gasteiger partial charge is 0.259 e. The first-order valence-corrected chi connectivity index (χ1v) is 6.44. The summed E-state index contributed by atoms with van der Waals surface area (Å²) in [6.45, 7) is 6.01. The average Bonchev–Trinajstić information content (AvgIpc) is 2.69. The summed E-state index contributed by atoms with van der Waals surface area (Å²) in [5.74, 6) is -0.0122. The molecule has 2 N–H and O–H groups in total. The second kappa shape index (κ2) is 4.53. The van der Waals surface area contributed by atoms with E-state index in [9.17, 15) is 9.59 Å². The van der Waals surface area contributed by atoms with Crippen LogP contribution in [0.1, 0.15) is 25.6 Å². The number of carbonyl (C=O) groups excluding carboxylic acids is 1. The van der Waals surface area contributed by atoms with E-state index in [1.807, 2.05) is 20.8 Å². The van der Waals surface area contributed by atoms with Gasteiger partial charge in [-0.2, -0.15) is 0 Å². The predicted octanol–water partition coefficient (Wildman–Crippen LogP) is 1.65. The third-order valence-corrected chi connectivity index (χ3v) is 3.53. The molecule has 0 aliphatic carbocycles. The van der Waals surface area contributed by atoms with Crippen molar-refractivity contribution in [3.05, 3.63) is 27.6 Å². The Morgan fingerprint density at radius 3 is 2.83 bits per heavy atom. The van der Waals surface area contributed by atoms with E-state index in [0.717, 1.165) is 4.88 Å². The summed E-state index contributed by atoms with van der Waals surface area (Å²) in [5.41, 5.74) is -0.559. The summed E-state index contributed by atoms with van der Waals surface area (Å²) in [6, 6.07) is 1.77. The maximum absolute atomic E-state index is 11.7. The van der Waals surface area contributed by atoms with Gasteiger partial charge in [-0.15, -0.1) is 11.3 Å². The maximum atomic E-state index is 11.7. The molecule has 0 saturated carbocycles. The van der Waals surface area contributed by atoms with E-state index < -0.39 is 5.41 Å². The fraction of sp³-hybridized carbons (Fsp3) is 0.417. The molecule has 0 aliphatic heterocycles. The molecule has 2 rings (SSSR count). The maximum Gasteiger partial charge on any atom is 0.259 e. The minimum Gasteiger partial charge on any atom is -0.351 e. The van der Waals surface area contributed by atoms with Gasteiger partial charge < -0.3 is 10.3 Å². The van der Waals surface area contributed by atoms with Crippen LogP contribution in [0, 0.1) is 5.41 Å². The van der Waals surface area contributed by atoms with Gasteiger partial charge in [0.15, 0.2) is 0 Å². The van der Waals surface area contributed by atoms with Crippen LogP contribution < -0.4 is 10.9 Å². The lowest BCUT2D eigenvalue weighted by Gasteiger charge is -2.16. The second-order valence-corrected chi connectivity index (χ2v) is 6.21.